The van der Waals surface area contributed by atoms with Crippen molar-refractivity contribution in [3.05, 3.63) is 0 Å². The van der Waals surface area contributed by atoms with E-state index in [-0.39, 0.29) is 25.7 Å². The fraction of sp³-hybridized carbons (Fsp3) is 0.949. The van der Waals surface area contributed by atoms with Crippen molar-refractivity contribution >= 4 is 39.5 Å². The second-order valence-electron chi connectivity index (χ2n) is 28.9. The molecule has 19 heteroatoms. The van der Waals surface area contributed by atoms with E-state index < -0.39 is 97.5 Å². The molecule has 0 aromatic heterocycles. The van der Waals surface area contributed by atoms with E-state index in [4.69, 9.17) is 37.0 Å². The SMILES string of the molecule is CCCCCCCCCCCCCCCCCCCCCCCC(=O)O[C@H](COC(=O)CCCCCCCCCCCCCCCCCCCC)COP(=O)(O)OC[C@@H](O)COP(=O)(O)OC[C@@H](COC(=O)CCCCCCCCCC)OC(=O)CCCCCCCCCCC(C)C. The summed E-state index contributed by atoms with van der Waals surface area (Å²) < 4.78 is 68.5. The number of ether oxygens (including phenoxy) is 4. The van der Waals surface area contributed by atoms with Gasteiger partial charge < -0.3 is 33.8 Å². The molecule has 98 heavy (non-hydrogen) atoms. The van der Waals surface area contributed by atoms with Gasteiger partial charge in [-0.1, -0.05) is 369 Å². The van der Waals surface area contributed by atoms with Crippen LogP contribution in [-0.4, -0.2) is 96.7 Å². The third-order valence-electron chi connectivity index (χ3n) is 18.5. The molecule has 17 nitrogen and oxygen atoms in total. The summed E-state index contributed by atoms with van der Waals surface area (Å²) in [5.74, 6) is -1.40. The van der Waals surface area contributed by atoms with Crippen molar-refractivity contribution in [2.24, 2.45) is 5.92 Å². The first-order valence-corrected chi connectivity index (χ1v) is 44.1. The van der Waals surface area contributed by atoms with E-state index in [1.807, 2.05) is 0 Å². The molecule has 0 heterocycles. The van der Waals surface area contributed by atoms with Crippen LogP contribution in [0.1, 0.15) is 420 Å². The predicted octanol–water partition coefficient (Wildman–Crippen LogP) is 23.6. The van der Waals surface area contributed by atoms with Crippen LogP contribution in [0, 0.1) is 5.92 Å². The molecule has 0 radical (unpaired) electrons. The first kappa shape index (κ1) is 96.1. The minimum Gasteiger partial charge on any atom is -0.462 e. The molecule has 0 aromatic carbocycles. The van der Waals surface area contributed by atoms with Gasteiger partial charge in [0.05, 0.1) is 26.4 Å². The van der Waals surface area contributed by atoms with Crippen LogP contribution in [0.2, 0.25) is 0 Å². The lowest BCUT2D eigenvalue weighted by molar-refractivity contribution is -0.161. The minimum atomic E-state index is -4.96. The van der Waals surface area contributed by atoms with E-state index in [0.29, 0.717) is 25.7 Å². The molecular weight excluding hydrogens is 1280 g/mol. The second kappa shape index (κ2) is 72.0. The largest absolute Gasteiger partial charge is 0.472 e. The quantitative estimate of drug-likeness (QED) is 0.0222. The van der Waals surface area contributed by atoms with E-state index >= 15 is 0 Å². The van der Waals surface area contributed by atoms with Gasteiger partial charge in [-0.15, -0.1) is 0 Å². The Labute approximate surface area is 600 Å². The van der Waals surface area contributed by atoms with Gasteiger partial charge in [0.25, 0.3) is 0 Å². The van der Waals surface area contributed by atoms with Crippen molar-refractivity contribution in [2.45, 2.75) is 438 Å². The molecule has 0 saturated heterocycles. The van der Waals surface area contributed by atoms with Crippen LogP contribution in [0.15, 0.2) is 0 Å². The fourth-order valence-electron chi connectivity index (χ4n) is 12.2. The summed E-state index contributed by atoms with van der Waals surface area (Å²) in [7, 11) is -9.91. The Balaban J connectivity index is 5.17. The fourth-order valence-corrected chi connectivity index (χ4v) is 13.8. The maximum atomic E-state index is 13.1. The van der Waals surface area contributed by atoms with Crippen molar-refractivity contribution in [1.82, 2.24) is 0 Å². The predicted molar refractivity (Wildman–Crippen MR) is 400 cm³/mol. The zero-order valence-corrected chi connectivity index (χ0v) is 65.7. The lowest BCUT2D eigenvalue weighted by Gasteiger charge is -2.21. The molecule has 0 bridgehead atoms. The topological polar surface area (TPSA) is 237 Å². The third kappa shape index (κ3) is 72.4. The molecule has 0 aliphatic rings. The molecule has 3 N–H and O–H groups in total. The standard InChI is InChI=1S/C79H154O17P2/c1-6-9-12-15-18-21-23-25-27-29-31-32-33-35-37-39-41-43-49-54-59-64-78(83)95-75(69-90-77(82)63-58-53-48-42-40-38-36-34-30-28-26-24-22-19-16-13-10-7-2)71-94-98(87,88)92-67-73(80)66-91-97(85,86)93-70-74(68-89-76(81)62-57-52-47-20-17-14-11-8-3)96-79(84)65-60-55-50-45-44-46-51-56-61-72(4)5/h72-75,80H,6-71H2,1-5H3,(H,85,86)(H,87,88)/t73-,74+,75+/m0/s1. The highest BCUT2D eigenvalue weighted by Crippen LogP contribution is 2.45. The zero-order chi connectivity index (χ0) is 71.9. The Morgan fingerprint density at radius 2 is 0.469 bits per heavy atom. The number of phosphoric ester groups is 2. The van der Waals surface area contributed by atoms with Crippen molar-refractivity contribution < 1.29 is 80.2 Å². The highest BCUT2D eigenvalue weighted by molar-refractivity contribution is 7.47. The number of hydrogen-bond donors (Lipinski definition) is 3. The van der Waals surface area contributed by atoms with E-state index in [2.05, 4.69) is 34.6 Å². The van der Waals surface area contributed by atoms with Crippen LogP contribution in [0.25, 0.3) is 0 Å². The third-order valence-corrected chi connectivity index (χ3v) is 20.4. The van der Waals surface area contributed by atoms with Crippen molar-refractivity contribution in [2.75, 3.05) is 39.6 Å². The van der Waals surface area contributed by atoms with Gasteiger partial charge in [0.2, 0.25) is 0 Å². The summed E-state index contributed by atoms with van der Waals surface area (Å²) in [5.41, 5.74) is 0. The van der Waals surface area contributed by atoms with E-state index in [9.17, 15) is 43.2 Å². The van der Waals surface area contributed by atoms with Crippen LogP contribution < -0.4 is 0 Å². The normalized spacial score (nSPS) is 13.9. The lowest BCUT2D eigenvalue weighted by Crippen LogP contribution is -2.30. The van der Waals surface area contributed by atoms with Crippen LogP contribution in [0.5, 0.6) is 0 Å². The highest BCUT2D eigenvalue weighted by atomic mass is 31.2. The van der Waals surface area contributed by atoms with Gasteiger partial charge in [-0.3, -0.25) is 37.3 Å². The van der Waals surface area contributed by atoms with Gasteiger partial charge in [0.1, 0.15) is 19.3 Å². The molecular formula is C79H154O17P2. The Hall–Kier alpha value is -1.94. The minimum absolute atomic E-state index is 0.105. The maximum Gasteiger partial charge on any atom is 0.472 e. The molecule has 0 aliphatic heterocycles. The smallest absolute Gasteiger partial charge is 0.462 e. The number of hydrogen-bond acceptors (Lipinski definition) is 15. The molecule has 0 aromatic rings. The van der Waals surface area contributed by atoms with Gasteiger partial charge in [0.15, 0.2) is 12.2 Å². The number of carbonyl (C=O) groups is 4. The number of carbonyl (C=O) groups excluding carboxylic acids is 4. The summed E-state index contributed by atoms with van der Waals surface area (Å²) in [6.45, 7) is 7.24. The molecule has 0 amide bonds. The van der Waals surface area contributed by atoms with Crippen LogP contribution in [0.4, 0.5) is 0 Å². The van der Waals surface area contributed by atoms with E-state index in [1.165, 1.54) is 238 Å². The Bertz CT molecular complexity index is 1870. The first-order chi connectivity index (χ1) is 47.5. The Kier molecular flexibility index (Phi) is 70.6. The molecule has 0 saturated carbocycles. The summed E-state index contributed by atoms with van der Waals surface area (Å²) in [5, 5.41) is 10.6. The Morgan fingerprint density at radius 1 is 0.276 bits per heavy atom. The van der Waals surface area contributed by atoms with Crippen molar-refractivity contribution in [1.29, 1.82) is 0 Å². The monoisotopic (exact) mass is 1440 g/mol. The number of rotatable bonds is 79. The number of aliphatic hydroxyl groups excluding tert-OH is 1. The molecule has 2 unspecified atom stereocenters. The van der Waals surface area contributed by atoms with Gasteiger partial charge in [0, 0.05) is 25.7 Å². The molecule has 0 fully saturated rings. The molecule has 5 atom stereocenters. The van der Waals surface area contributed by atoms with Gasteiger partial charge in [-0.2, -0.15) is 0 Å². The summed E-state index contributed by atoms with van der Waals surface area (Å²) in [6.07, 6.45) is 62.8. The molecule has 582 valence electrons. The molecule has 0 spiro atoms. The van der Waals surface area contributed by atoms with Gasteiger partial charge >= 0.3 is 39.5 Å². The number of esters is 4. The number of aliphatic hydroxyl groups is 1. The van der Waals surface area contributed by atoms with Crippen molar-refractivity contribution in [3.63, 3.8) is 0 Å². The second-order valence-corrected chi connectivity index (χ2v) is 31.8. The van der Waals surface area contributed by atoms with Crippen LogP contribution in [0.3, 0.4) is 0 Å². The maximum absolute atomic E-state index is 13.1. The number of unbranched alkanes of at least 4 members (excludes halogenated alkanes) is 51. The summed E-state index contributed by atoms with van der Waals surface area (Å²) in [6, 6.07) is 0. The average Bonchev–Trinajstić information content (AvgIpc) is 1.02. The van der Waals surface area contributed by atoms with Gasteiger partial charge in [-0.05, 0) is 31.6 Å². The van der Waals surface area contributed by atoms with E-state index in [1.54, 1.807) is 0 Å². The highest BCUT2D eigenvalue weighted by Gasteiger charge is 2.30. The van der Waals surface area contributed by atoms with Gasteiger partial charge in [-0.25, -0.2) is 9.13 Å². The Morgan fingerprint density at radius 3 is 0.694 bits per heavy atom. The van der Waals surface area contributed by atoms with Crippen molar-refractivity contribution in [3.8, 4) is 0 Å². The first-order valence-electron chi connectivity index (χ1n) is 41.1. The summed E-state index contributed by atoms with van der Waals surface area (Å²) in [4.78, 5) is 72.8. The zero-order valence-electron chi connectivity index (χ0n) is 63.9. The van der Waals surface area contributed by atoms with Crippen LogP contribution in [-0.2, 0) is 65.4 Å². The summed E-state index contributed by atoms with van der Waals surface area (Å²) >= 11 is 0. The lowest BCUT2D eigenvalue weighted by atomic mass is 10.0. The average molecular weight is 1440 g/mol. The van der Waals surface area contributed by atoms with Crippen LogP contribution >= 0.6 is 15.6 Å². The molecule has 0 aliphatic carbocycles. The molecule has 0 rings (SSSR count). The van der Waals surface area contributed by atoms with E-state index in [0.717, 1.165) is 102 Å². The number of phosphoric acid groups is 2.